The minimum atomic E-state index is -1.03. The van der Waals surface area contributed by atoms with Gasteiger partial charge in [0.2, 0.25) is 5.91 Å². The monoisotopic (exact) mass is 507 g/mol. The second kappa shape index (κ2) is 12.1. The Morgan fingerprint density at radius 3 is 2.49 bits per heavy atom. The summed E-state index contributed by atoms with van der Waals surface area (Å²) in [5, 5.41) is 19.8. The maximum Gasteiger partial charge on any atom is 0.252 e. The molecule has 4 rings (SSSR count). The van der Waals surface area contributed by atoms with Crippen molar-refractivity contribution in [2.24, 2.45) is 0 Å². The predicted molar refractivity (Wildman–Crippen MR) is 137 cm³/mol. The smallest absolute Gasteiger partial charge is 0.252 e. The second-order valence-corrected chi connectivity index (χ2v) is 9.35. The van der Waals surface area contributed by atoms with E-state index in [0.717, 1.165) is 23.6 Å². The van der Waals surface area contributed by atoms with Crippen LogP contribution in [0, 0.1) is 11.6 Å². The molecule has 2 amide bonds. The second-order valence-electron chi connectivity index (χ2n) is 9.35. The Morgan fingerprint density at radius 2 is 1.73 bits per heavy atom. The van der Waals surface area contributed by atoms with E-state index in [1.807, 2.05) is 18.2 Å². The van der Waals surface area contributed by atoms with Gasteiger partial charge in [0, 0.05) is 24.7 Å². The van der Waals surface area contributed by atoms with Gasteiger partial charge in [0.1, 0.15) is 11.6 Å². The van der Waals surface area contributed by atoms with Crippen LogP contribution in [0.2, 0.25) is 0 Å². The van der Waals surface area contributed by atoms with Crippen molar-refractivity contribution in [1.29, 1.82) is 0 Å². The Bertz CT molecular complexity index is 1250. The summed E-state index contributed by atoms with van der Waals surface area (Å²) in [4.78, 5) is 25.2. The first-order valence-corrected chi connectivity index (χ1v) is 12.4. The fraction of sp³-hybridized carbons (Fsp3) is 0.310. The van der Waals surface area contributed by atoms with Crippen LogP contribution in [0.25, 0.3) is 0 Å². The molecule has 0 aliphatic carbocycles. The van der Waals surface area contributed by atoms with E-state index in [2.05, 4.69) is 28.9 Å². The van der Waals surface area contributed by atoms with Crippen molar-refractivity contribution in [3.8, 4) is 0 Å². The highest BCUT2D eigenvalue weighted by Crippen LogP contribution is 2.27. The van der Waals surface area contributed by atoms with Gasteiger partial charge >= 0.3 is 0 Å². The Balaban J connectivity index is 1.42. The molecule has 1 unspecified atom stereocenters. The van der Waals surface area contributed by atoms with Gasteiger partial charge in [-0.3, -0.25) is 9.59 Å². The first-order valence-electron chi connectivity index (χ1n) is 12.4. The van der Waals surface area contributed by atoms with Crippen molar-refractivity contribution in [3.05, 3.63) is 106 Å². The summed E-state index contributed by atoms with van der Waals surface area (Å²) in [6.07, 6.45) is -0.112. The highest BCUT2D eigenvalue weighted by Gasteiger charge is 2.31. The number of benzene rings is 3. The van der Waals surface area contributed by atoms with E-state index in [1.165, 1.54) is 17.7 Å². The zero-order valence-corrected chi connectivity index (χ0v) is 20.6. The first-order chi connectivity index (χ1) is 17.8. The Morgan fingerprint density at radius 1 is 1.00 bits per heavy atom. The zero-order valence-electron chi connectivity index (χ0n) is 20.6. The molecule has 4 N–H and O–H groups in total. The van der Waals surface area contributed by atoms with Crippen molar-refractivity contribution in [2.75, 3.05) is 6.54 Å². The van der Waals surface area contributed by atoms with Crippen LogP contribution in [-0.2, 0) is 24.2 Å². The molecule has 37 heavy (non-hydrogen) atoms. The van der Waals surface area contributed by atoms with Crippen molar-refractivity contribution >= 4 is 11.8 Å². The van der Waals surface area contributed by atoms with Gasteiger partial charge in [-0.1, -0.05) is 49.4 Å². The molecule has 1 aliphatic rings. The Kier molecular flexibility index (Phi) is 8.63. The van der Waals surface area contributed by atoms with Crippen molar-refractivity contribution in [2.45, 2.75) is 50.9 Å². The van der Waals surface area contributed by atoms with Crippen LogP contribution >= 0.6 is 0 Å². The van der Waals surface area contributed by atoms with Crippen LogP contribution < -0.4 is 16.0 Å². The Hall–Kier alpha value is -3.62. The molecule has 0 aromatic heterocycles. The lowest BCUT2D eigenvalue weighted by Gasteiger charge is -2.26. The molecule has 1 heterocycles. The minimum absolute atomic E-state index is 0.0271. The number of amides is 2. The molecule has 0 spiro atoms. The summed E-state index contributed by atoms with van der Waals surface area (Å²) in [5.74, 6) is -2.09. The molecule has 0 radical (unpaired) electrons. The topological polar surface area (TPSA) is 90.5 Å². The summed E-state index contributed by atoms with van der Waals surface area (Å²) >= 11 is 0. The standard InChI is InChI=1S/C29H31F2N3O3/c1-2-18-6-5-7-19(10-18)16-32-17-27(35)26(13-20-11-21(30)14-22(31)12-20)33-28(36)15-25-23-8-3-4-9-24(23)29(37)34-25/h3-12,14,25-27,32,35H,2,13,15-17H2,1H3,(H,33,36)(H,34,37)/t25?,26-,27-/m0/s1. The molecule has 3 aromatic rings. The van der Waals surface area contributed by atoms with Crippen LogP contribution in [0.1, 0.15) is 52.0 Å². The van der Waals surface area contributed by atoms with Crippen molar-refractivity contribution in [3.63, 3.8) is 0 Å². The third-order valence-electron chi connectivity index (χ3n) is 6.55. The molecule has 0 saturated carbocycles. The largest absolute Gasteiger partial charge is 0.390 e. The minimum Gasteiger partial charge on any atom is -0.390 e. The van der Waals surface area contributed by atoms with Gasteiger partial charge in [-0.15, -0.1) is 0 Å². The number of carbonyl (C=O) groups is 2. The molecule has 0 bridgehead atoms. The number of nitrogens with one attached hydrogen (secondary N) is 3. The van der Waals surface area contributed by atoms with E-state index < -0.39 is 35.7 Å². The first kappa shape index (κ1) is 26.4. The van der Waals surface area contributed by atoms with Crippen LogP contribution in [0.5, 0.6) is 0 Å². The van der Waals surface area contributed by atoms with Gasteiger partial charge in [-0.2, -0.15) is 0 Å². The predicted octanol–water partition coefficient (Wildman–Crippen LogP) is 3.58. The molecule has 6 nitrogen and oxygen atoms in total. The number of fused-ring (bicyclic) bond motifs is 1. The maximum atomic E-state index is 13.8. The summed E-state index contributed by atoms with van der Waals surface area (Å²) in [5.41, 5.74) is 3.86. The molecule has 8 heteroatoms. The average Bonchev–Trinajstić information content (AvgIpc) is 3.18. The molecular weight excluding hydrogens is 476 g/mol. The summed E-state index contributed by atoms with van der Waals surface area (Å²) in [6.45, 7) is 2.75. The lowest BCUT2D eigenvalue weighted by atomic mass is 9.99. The van der Waals surface area contributed by atoms with Crippen LogP contribution in [0.15, 0.2) is 66.7 Å². The molecule has 0 saturated heterocycles. The average molecular weight is 508 g/mol. The number of carbonyl (C=O) groups excluding carboxylic acids is 2. The maximum absolute atomic E-state index is 13.8. The van der Waals surface area contributed by atoms with Gasteiger partial charge in [0.05, 0.1) is 24.6 Å². The number of hydrogen-bond donors (Lipinski definition) is 4. The fourth-order valence-corrected chi connectivity index (χ4v) is 4.67. The number of aliphatic hydroxyl groups excluding tert-OH is 1. The van der Waals surface area contributed by atoms with Gasteiger partial charge in [-0.05, 0) is 53.3 Å². The lowest BCUT2D eigenvalue weighted by molar-refractivity contribution is -0.123. The van der Waals surface area contributed by atoms with Crippen molar-refractivity contribution in [1.82, 2.24) is 16.0 Å². The quantitative estimate of drug-likeness (QED) is 0.319. The van der Waals surface area contributed by atoms with Gasteiger partial charge in [0.25, 0.3) is 5.91 Å². The summed E-state index contributed by atoms with van der Waals surface area (Å²) in [7, 11) is 0. The normalized spacial score (nSPS) is 16.1. The zero-order chi connectivity index (χ0) is 26.4. The number of hydrogen-bond acceptors (Lipinski definition) is 4. The van der Waals surface area contributed by atoms with E-state index in [-0.39, 0.29) is 25.3 Å². The van der Waals surface area contributed by atoms with Crippen LogP contribution in [0.4, 0.5) is 8.78 Å². The Labute approximate surface area is 215 Å². The highest BCUT2D eigenvalue weighted by molar-refractivity contribution is 5.99. The van der Waals surface area contributed by atoms with E-state index in [4.69, 9.17) is 0 Å². The van der Waals surface area contributed by atoms with Gasteiger partial charge < -0.3 is 21.1 Å². The van der Waals surface area contributed by atoms with E-state index >= 15 is 0 Å². The summed E-state index contributed by atoms with van der Waals surface area (Å²) < 4.78 is 27.6. The third-order valence-corrected chi connectivity index (χ3v) is 6.55. The van der Waals surface area contributed by atoms with Crippen molar-refractivity contribution < 1.29 is 23.5 Å². The molecule has 1 aliphatic heterocycles. The number of halogens is 2. The van der Waals surface area contributed by atoms with Gasteiger partial charge in [0.15, 0.2) is 0 Å². The number of aryl methyl sites for hydroxylation is 1. The molecule has 0 fully saturated rings. The molecule has 3 aromatic carbocycles. The SMILES string of the molecule is CCc1cccc(CNC[C@H](O)[C@H](Cc2cc(F)cc(F)c2)NC(=O)CC2NC(=O)c3ccccc32)c1. The van der Waals surface area contributed by atoms with Crippen LogP contribution in [-0.4, -0.2) is 35.6 Å². The molecule has 194 valence electrons. The third kappa shape index (κ3) is 6.99. The van der Waals surface area contributed by atoms with E-state index in [1.54, 1.807) is 24.3 Å². The van der Waals surface area contributed by atoms with Crippen LogP contribution in [0.3, 0.4) is 0 Å². The van der Waals surface area contributed by atoms with E-state index in [0.29, 0.717) is 17.7 Å². The molecular formula is C29H31F2N3O3. The number of rotatable bonds is 11. The van der Waals surface area contributed by atoms with Gasteiger partial charge in [-0.25, -0.2) is 8.78 Å². The number of aliphatic hydroxyl groups is 1. The van der Waals surface area contributed by atoms with E-state index in [9.17, 15) is 23.5 Å². The fourth-order valence-electron chi connectivity index (χ4n) is 4.67. The lowest BCUT2D eigenvalue weighted by Crippen LogP contribution is -2.49. The summed E-state index contributed by atoms with van der Waals surface area (Å²) in [6, 6.07) is 17.0. The molecule has 3 atom stereocenters. The highest BCUT2D eigenvalue weighted by atomic mass is 19.1.